The SMILES string of the molecule is Nc1nc(SCCC(=O)N=O)nc2c1[nH]c(=O)n2Cc1ccccc1. The Morgan fingerprint density at radius 2 is 2.04 bits per heavy atom. The summed E-state index contributed by atoms with van der Waals surface area (Å²) in [4.78, 5) is 44.4. The molecule has 0 saturated carbocycles. The lowest BCUT2D eigenvalue weighted by Crippen LogP contribution is -2.17. The molecule has 0 bridgehead atoms. The van der Waals surface area contributed by atoms with Crippen molar-refractivity contribution in [1.29, 1.82) is 0 Å². The van der Waals surface area contributed by atoms with Crippen LogP contribution in [0.25, 0.3) is 11.2 Å². The minimum Gasteiger partial charge on any atom is -0.382 e. The number of rotatable bonds is 6. The molecule has 0 saturated heterocycles. The van der Waals surface area contributed by atoms with Gasteiger partial charge in [-0.05, 0) is 5.56 Å². The molecule has 0 aliphatic rings. The van der Waals surface area contributed by atoms with Gasteiger partial charge in [-0.25, -0.2) is 14.8 Å². The van der Waals surface area contributed by atoms with E-state index < -0.39 is 5.91 Å². The lowest BCUT2D eigenvalue weighted by Gasteiger charge is -2.05. The van der Waals surface area contributed by atoms with Crippen molar-refractivity contribution in [3.05, 3.63) is 51.3 Å². The van der Waals surface area contributed by atoms with Gasteiger partial charge in [-0.2, -0.15) is 0 Å². The quantitative estimate of drug-likeness (QED) is 0.387. The predicted octanol–water partition coefficient (Wildman–Crippen LogP) is 1.53. The maximum absolute atomic E-state index is 12.2. The van der Waals surface area contributed by atoms with Crippen LogP contribution < -0.4 is 11.4 Å². The van der Waals surface area contributed by atoms with E-state index in [1.54, 1.807) is 0 Å². The molecular weight excluding hydrogens is 344 g/mol. The summed E-state index contributed by atoms with van der Waals surface area (Å²) < 4.78 is 1.48. The number of nitroso groups, excluding NO2 is 1. The maximum Gasteiger partial charge on any atom is 0.328 e. The van der Waals surface area contributed by atoms with Crippen LogP contribution in [0.3, 0.4) is 0 Å². The molecule has 3 N–H and O–H groups in total. The first-order valence-electron chi connectivity index (χ1n) is 7.37. The molecule has 0 aliphatic heterocycles. The number of thioether (sulfide) groups is 1. The fourth-order valence-corrected chi connectivity index (χ4v) is 3.06. The number of nitrogens with one attached hydrogen (secondary N) is 1. The maximum atomic E-state index is 12.2. The number of aromatic amines is 1. The Morgan fingerprint density at radius 3 is 2.76 bits per heavy atom. The van der Waals surface area contributed by atoms with Crippen LogP contribution in [-0.4, -0.2) is 31.2 Å². The van der Waals surface area contributed by atoms with Crippen LogP contribution in [0, 0.1) is 4.91 Å². The first-order chi connectivity index (χ1) is 12.1. The monoisotopic (exact) mass is 358 g/mol. The number of aromatic nitrogens is 4. The Hall–Kier alpha value is -3.01. The zero-order chi connectivity index (χ0) is 17.8. The molecule has 3 rings (SSSR count). The number of fused-ring (bicyclic) bond motifs is 1. The van der Waals surface area contributed by atoms with Crippen molar-refractivity contribution in [2.75, 3.05) is 11.5 Å². The largest absolute Gasteiger partial charge is 0.382 e. The number of hydrogen-bond donors (Lipinski definition) is 2. The van der Waals surface area contributed by atoms with Crippen molar-refractivity contribution in [2.24, 2.45) is 5.18 Å². The van der Waals surface area contributed by atoms with Crippen molar-refractivity contribution >= 4 is 34.7 Å². The number of benzene rings is 1. The zero-order valence-electron chi connectivity index (χ0n) is 13.0. The van der Waals surface area contributed by atoms with E-state index in [-0.39, 0.29) is 17.9 Å². The van der Waals surface area contributed by atoms with Crippen LogP contribution in [0.5, 0.6) is 0 Å². The second kappa shape index (κ2) is 7.26. The van der Waals surface area contributed by atoms with E-state index in [1.807, 2.05) is 30.3 Å². The number of hydrogen-bond acceptors (Lipinski definition) is 7. The molecule has 9 nitrogen and oxygen atoms in total. The van der Waals surface area contributed by atoms with Crippen LogP contribution in [-0.2, 0) is 11.3 Å². The van der Waals surface area contributed by atoms with Crippen LogP contribution in [0.1, 0.15) is 12.0 Å². The molecule has 0 aliphatic carbocycles. The number of anilines is 1. The minimum absolute atomic E-state index is 0.0145. The van der Waals surface area contributed by atoms with Gasteiger partial charge in [0.2, 0.25) is 0 Å². The van der Waals surface area contributed by atoms with Gasteiger partial charge in [-0.3, -0.25) is 9.36 Å². The van der Waals surface area contributed by atoms with Gasteiger partial charge in [0.05, 0.1) is 6.54 Å². The highest BCUT2D eigenvalue weighted by Crippen LogP contribution is 2.21. The number of nitrogens with zero attached hydrogens (tertiary/aromatic N) is 4. The second-order valence-corrected chi connectivity index (χ2v) is 6.24. The average Bonchev–Trinajstić information content (AvgIpc) is 2.92. The third kappa shape index (κ3) is 3.74. The Morgan fingerprint density at radius 1 is 1.28 bits per heavy atom. The molecule has 1 amide bonds. The lowest BCUT2D eigenvalue weighted by atomic mass is 10.2. The molecule has 25 heavy (non-hydrogen) atoms. The Balaban J connectivity index is 1.92. The average molecular weight is 358 g/mol. The smallest absolute Gasteiger partial charge is 0.328 e. The first-order valence-corrected chi connectivity index (χ1v) is 8.36. The summed E-state index contributed by atoms with van der Waals surface area (Å²) in [6, 6.07) is 9.48. The van der Waals surface area contributed by atoms with Crippen LogP contribution >= 0.6 is 11.8 Å². The van der Waals surface area contributed by atoms with Crippen molar-refractivity contribution in [3.8, 4) is 0 Å². The highest BCUT2D eigenvalue weighted by molar-refractivity contribution is 7.99. The molecule has 128 valence electrons. The third-order valence-electron chi connectivity index (χ3n) is 3.46. The number of nitrogens with two attached hydrogens (primary N) is 1. The number of carbonyl (C=O) groups excluding carboxylic acids is 1. The molecule has 10 heteroatoms. The fraction of sp³-hybridized carbons (Fsp3) is 0.200. The van der Waals surface area contributed by atoms with Crippen molar-refractivity contribution < 1.29 is 4.79 Å². The third-order valence-corrected chi connectivity index (χ3v) is 4.31. The van der Waals surface area contributed by atoms with E-state index >= 15 is 0 Å². The Bertz CT molecular complexity index is 982. The second-order valence-electron chi connectivity index (χ2n) is 5.18. The number of amides is 1. The summed E-state index contributed by atoms with van der Waals surface area (Å²) >= 11 is 1.17. The molecular formula is C15H14N6O3S. The van der Waals surface area contributed by atoms with E-state index in [1.165, 1.54) is 16.3 Å². The van der Waals surface area contributed by atoms with Gasteiger partial charge in [0.1, 0.15) is 5.52 Å². The van der Waals surface area contributed by atoms with E-state index in [4.69, 9.17) is 5.73 Å². The summed E-state index contributed by atoms with van der Waals surface area (Å²) in [5.74, 6) is -0.288. The topological polar surface area (TPSA) is 136 Å². The molecule has 0 radical (unpaired) electrons. The summed E-state index contributed by atoms with van der Waals surface area (Å²) in [7, 11) is 0. The van der Waals surface area contributed by atoms with E-state index in [9.17, 15) is 14.5 Å². The standard InChI is InChI=1S/C15H14N6O3S/c16-12-11-13(19-14(18-12)25-7-6-10(22)20-24)21(15(23)17-11)8-9-4-2-1-3-5-9/h1-5H,6-8H2,(H,17,23)(H2,16,18,19). The number of H-pyrrole nitrogens is 1. The molecule has 0 unspecified atom stereocenters. The van der Waals surface area contributed by atoms with Crippen LogP contribution in [0.2, 0.25) is 0 Å². The molecule has 0 atom stereocenters. The fourth-order valence-electron chi connectivity index (χ4n) is 2.28. The van der Waals surface area contributed by atoms with Gasteiger partial charge >= 0.3 is 5.69 Å². The Labute approximate surface area is 145 Å². The molecule has 0 spiro atoms. The van der Waals surface area contributed by atoms with Crippen molar-refractivity contribution in [3.63, 3.8) is 0 Å². The van der Waals surface area contributed by atoms with Crippen molar-refractivity contribution in [1.82, 2.24) is 19.5 Å². The summed E-state index contributed by atoms with van der Waals surface area (Å²) in [5.41, 5.74) is 7.28. The van der Waals surface area contributed by atoms with E-state index in [0.29, 0.717) is 28.6 Å². The van der Waals surface area contributed by atoms with Gasteiger partial charge in [0, 0.05) is 17.4 Å². The normalized spacial score (nSPS) is 10.9. The van der Waals surface area contributed by atoms with Crippen LogP contribution in [0.4, 0.5) is 5.82 Å². The van der Waals surface area contributed by atoms with Crippen molar-refractivity contribution in [2.45, 2.75) is 18.1 Å². The van der Waals surface area contributed by atoms with Gasteiger partial charge < -0.3 is 10.7 Å². The minimum atomic E-state index is -0.732. The summed E-state index contributed by atoms with van der Waals surface area (Å²) in [5, 5.41) is 2.66. The van der Waals surface area contributed by atoms with Gasteiger partial charge in [-0.15, -0.1) is 4.91 Å². The van der Waals surface area contributed by atoms with Gasteiger partial charge in [0.25, 0.3) is 5.91 Å². The van der Waals surface area contributed by atoms with E-state index in [0.717, 1.165) is 5.56 Å². The zero-order valence-corrected chi connectivity index (χ0v) is 13.8. The molecule has 1 aromatic carbocycles. The summed E-state index contributed by atoms with van der Waals surface area (Å²) in [6.45, 7) is 0.341. The Kier molecular flexibility index (Phi) is 4.89. The predicted molar refractivity (Wildman–Crippen MR) is 94.2 cm³/mol. The summed E-state index contributed by atoms with van der Waals surface area (Å²) in [6.07, 6.45) is -0.0145. The number of imidazole rings is 1. The van der Waals surface area contributed by atoms with Crippen LogP contribution in [0.15, 0.2) is 45.5 Å². The highest BCUT2D eigenvalue weighted by Gasteiger charge is 2.14. The lowest BCUT2D eigenvalue weighted by molar-refractivity contribution is -0.117. The molecule has 0 fully saturated rings. The van der Waals surface area contributed by atoms with Gasteiger partial charge in [-0.1, -0.05) is 42.1 Å². The first kappa shape index (κ1) is 16.8. The van der Waals surface area contributed by atoms with Gasteiger partial charge in [0.15, 0.2) is 16.6 Å². The van der Waals surface area contributed by atoms with E-state index in [2.05, 4.69) is 20.1 Å². The highest BCUT2D eigenvalue weighted by atomic mass is 32.2. The number of carbonyl (C=O) groups is 1. The number of nitrogen functional groups attached to an aromatic ring is 1. The molecule has 3 aromatic rings. The molecule has 2 heterocycles. The molecule has 2 aromatic heterocycles.